The summed E-state index contributed by atoms with van der Waals surface area (Å²) in [6, 6.07) is 14.5. The van der Waals surface area contributed by atoms with E-state index in [-0.39, 0.29) is 12.4 Å². The lowest BCUT2D eigenvalue weighted by Crippen LogP contribution is -2.10. The molecule has 0 aliphatic heterocycles. The lowest BCUT2D eigenvalue weighted by molar-refractivity contribution is 0.0523. The lowest BCUT2D eigenvalue weighted by atomic mass is 10.0. The highest BCUT2D eigenvalue weighted by Gasteiger charge is 2.15. The third-order valence-corrected chi connectivity index (χ3v) is 3.16. The van der Waals surface area contributed by atoms with Crippen LogP contribution in [0.25, 0.3) is 6.08 Å². The van der Waals surface area contributed by atoms with Crippen molar-refractivity contribution in [3.8, 4) is 0 Å². The van der Waals surface area contributed by atoms with Gasteiger partial charge in [0.15, 0.2) is 5.78 Å². The number of benzene rings is 2. The second kappa shape index (κ2) is 7.36. The number of rotatable bonds is 5. The molecule has 2 aromatic carbocycles. The zero-order chi connectivity index (χ0) is 15.9. The van der Waals surface area contributed by atoms with Crippen molar-refractivity contribution in [1.82, 2.24) is 0 Å². The number of ketones is 1. The molecule has 0 saturated heterocycles. The maximum Gasteiger partial charge on any atom is 0.338 e. The second-order valence-electron chi connectivity index (χ2n) is 4.88. The Hall–Kier alpha value is -2.68. The van der Waals surface area contributed by atoms with Crippen LogP contribution in [0.3, 0.4) is 0 Å². The second-order valence-corrected chi connectivity index (χ2v) is 4.88. The molecule has 0 aliphatic carbocycles. The van der Waals surface area contributed by atoms with E-state index in [4.69, 9.17) is 4.74 Å². The number of carbonyl (C=O) groups excluding carboxylic acids is 2. The number of aryl methyl sites for hydroxylation is 1. The van der Waals surface area contributed by atoms with Crippen LogP contribution in [0, 0.1) is 6.92 Å². The van der Waals surface area contributed by atoms with Gasteiger partial charge in [-0.05, 0) is 31.6 Å². The van der Waals surface area contributed by atoms with Gasteiger partial charge in [0.1, 0.15) is 0 Å². The van der Waals surface area contributed by atoms with Gasteiger partial charge in [0.25, 0.3) is 0 Å². The highest BCUT2D eigenvalue weighted by molar-refractivity contribution is 6.12. The number of allylic oxidation sites excluding steroid dienone is 1. The molecule has 0 N–H and O–H groups in total. The Bertz CT molecular complexity index is 714. The first-order chi connectivity index (χ1) is 10.6. The Morgan fingerprint density at radius 1 is 1.05 bits per heavy atom. The average Bonchev–Trinajstić information content (AvgIpc) is 2.53. The van der Waals surface area contributed by atoms with Crippen LogP contribution in [0.5, 0.6) is 0 Å². The van der Waals surface area contributed by atoms with Crippen LogP contribution in [0.4, 0.5) is 0 Å². The SMILES string of the molecule is CCOC(=O)c1ccccc1C(=O)C=Cc1cccc(C)c1. The van der Waals surface area contributed by atoms with Crippen LogP contribution >= 0.6 is 0 Å². The summed E-state index contributed by atoms with van der Waals surface area (Å²) in [6.45, 7) is 4.01. The monoisotopic (exact) mass is 294 g/mol. The summed E-state index contributed by atoms with van der Waals surface area (Å²) >= 11 is 0. The Balaban J connectivity index is 2.25. The lowest BCUT2D eigenvalue weighted by Gasteiger charge is -2.06. The van der Waals surface area contributed by atoms with Crippen molar-refractivity contribution in [3.05, 3.63) is 76.9 Å². The molecule has 0 saturated carbocycles. The van der Waals surface area contributed by atoms with E-state index >= 15 is 0 Å². The van der Waals surface area contributed by atoms with Gasteiger partial charge in [-0.2, -0.15) is 0 Å². The van der Waals surface area contributed by atoms with Gasteiger partial charge in [-0.25, -0.2) is 4.79 Å². The van der Waals surface area contributed by atoms with Gasteiger partial charge < -0.3 is 4.74 Å². The zero-order valence-corrected chi connectivity index (χ0v) is 12.7. The van der Waals surface area contributed by atoms with E-state index in [0.29, 0.717) is 11.1 Å². The van der Waals surface area contributed by atoms with Crippen LogP contribution in [-0.2, 0) is 4.74 Å². The van der Waals surface area contributed by atoms with Crippen molar-refractivity contribution >= 4 is 17.8 Å². The zero-order valence-electron chi connectivity index (χ0n) is 12.7. The van der Waals surface area contributed by atoms with E-state index in [1.165, 1.54) is 6.08 Å². The molecule has 0 atom stereocenters. The summed E-state index contributed by atoms with van der Waals surface area (Å²) in [7, 11) is 0. The van der Waals surface area contributed by atoms with Gasteiger partial charge in [-0.3, -0.25) is 4.79 Å². The molecular formula is C19H18O3. The first kappa shape index (κ1) is 15.7. The van der Waals surface area contributed by atoms with E-state index in [2.05, 4.69) is 0 Å². The molecule has 0 amide bonds. The minimum absolute atomic E-state index is 0.217. The predicted octanol–water partition coefficient (Wildman–Crippen LogP) is 4.07. The molecule has 0 spiro atoms. The smallest absolute Gasteiger partial charge is 0.338 e. The summed E-state index contributed by atoms with van der Waals surface area (Å²) in [5, 5.41) is 0. The highest BCUT2D eigenvalue weighted by Crippen LogP contribution is 2.13. The Morgan fingerprint density at radius 2 is 1.77 bits per heavy atom. The van der Waals surface area contributed by atoms with Crippen molar-refractivity contribution in [2.75, 3.05) is 6.61 Å². The van der Waals surface area contributed by atoms with Gasteiger partial charge in [-0.1, -0.05) is 54.1 Å². The molecular weight excluding hydrogens is 276 g/mol. The topological polar surface area (TPSA) is 43.4 Å². The van der Waals surface area contributed by atoms with Gasteiger partial charge in [0.2, 0.25) is 0 Å². The minimum atomic E-state index is -0.476. The summed E-state index contributed by atoms with van der Waals surface area (Å²) in [6.07, 6.45) is 3.23. The summed E-state index contributed by atoms with van der Waals surface area (Å²) in [4.78, 5) is 24.2. The fraction of sp³-hybridized carbons (Fsp3) is 0.158. The van der Waals surface area contributed by atoms with E-state index < -0.39 is 5.97 Å². The fourth-order valence-electron chi connectivity index (χ4n) is 2.12. The summed E-state index contributed by atoms with van der Waals surface area (Å²) in [5.41, 5.74) is 2.72. The number of ether oxygens (including phenoxy) is 1. The Kier molecular flexibility index (Phi) is 5.26. The van der Waals surface area contributed by atoms with Crippen LogP contribution < -0.4 is 0 Å². The molecule has 0 bridgehead atoms. The van der Waals surface area contributed by atoms with Crippen LogP contribution in [-0.4, -0.2) is 18.4 Å². The Labute approximate surface area is 130 Å². The normalized spacial score (nSPS) is 10.6. The first-order valence-electron chi connectivity index (χ1n) is 7.17. The molecule has 0 unspecified atom stereocenters. The standard InChI is InChI=1S/C19H18O3/c1-3-22-19(21)17-10-5-4-9-16(17)18(20)12-11-15-8-6-7-14(2)13-15/h4-13H,3H2,1-2H3. The first-order valence-corrected chi connectivity index (χ1v) is 7.17. The summed E-state index contributed by atoms with van der Waals surface area (Å²) in [5.74, 6) is -0.694. The fourth-order valence-corrected chi connectivity index (χ4v) is 2.12. The molecule has 2 aromatic rings. The van der Waals surface area contributed by atoms with Crippen molar-refractivity contribution in [2.45, 2.75) is 13.8 Å². The number of hydrogen-bond acceptors (Lipinski definition) is 3. The molecule has 22 heavy (non-hydrogen) atoms. The van der Waals surface area contributed by atoms with Crippen molar-refractivity contribution < 1.29 is 14.3 Å². The molecule has 2 rings (SSSR count). The predicted molar refractivity (Wildman–Crippen MR) is 86.9 cm³/mol. The number of carbonyl (C=O) groups is 2. The molecule has 112 valence electrons. The third kappa shape index (κ3) is 3.92. The largest absolute Gasteiger partial charge is 0.462 e. The van der Waals surface area contributed by atoms with Gasteiger partial charge in [0, 0.05) is 5.56 Å². The molecule has 0 radical (unpaired) electrons. The van der Waals surface area contributed by atoms with E-state index in [1.807, 2.05) is 31.2 Å². The van der Waals surface area contributed by atoms with Crippen molar-refractivity contribution in [1.29, 1.82) is 0 Å². The average molecular weight is 294 g/mol. The van der Waals surface area contributed by atoms with Gasteiger partial charge >= 0.3 is 5.97 Å². The maximum absolute atomic E-state index is 12.3. The molecule has 3 heteroatoms. The van der Waals surface area contributed by atoms with E-state index in [0.717, 1.165) is 11.1 Å². The van der Waals surface area contributed by atoms with Crippen LogP contribution in [0.1, 0.15) is 38.8 Å². The van der Waals surface area contributed by atoms with Crippen LogP contribution in [0.15, 0.2) is 54.6 Å². The molecule has 0 aromatic heterocycles. The van der Waals surface area contributed by atoms with E-state index in [1.54, 1.807) is 37.3 Å². The maximum atomic E-state index is 12.3. The summed E-state index contributed by atoms with van der Waals surface area (Å²) < 4.78 is 4.98. The van der Waals surface area contributed by atoms with Gasteiger partial charge in [-0.15, -0.1) is 0 Å². The van der Waals surface area contributed by atoms with Crippen LogP contribution in [0.2, 0.25) is 0 Å². The quantitative estimate of drug-likeness (QED) is 0.474. The third-order valence-electron chi connectivity index (χ3n) is 3.16. The van der Waals surface area contributed by atoms with E-state index in [9.17, 15) is 9.59 Å². The number of hydrogen-bond donors (Lipinski definition) is 0. The highest BCUT2D eigenvalue weighted by atomic mass is 16.5. The van der Waals surface area contributed by atoms with Crippen molar-refractivity contribution in [3.63, 3.8) is 0 Å². The minimum Gasteiger partial charge on any atom is -0.462 e. The molecule has 0 aliphatic rings. The molecule has 0 fully saturated rings. The molecule has 0 heterocycles. The van der Waals surface area contributed by atoms with Gasteiger partial charge in [0.05, 0.1) is 12.2 Å². The number of esters is 1. The van der Waals surface area contributed by atoms with Crippen molar-refractivity contribution in [2.24, 2.45) is 0 Å². The Morgan fingerprint density at radius 3 is 2.45 bits per heavy atom. The molecule has 3 nitrogen and oxygen atoms in total.